The van der Waals surface area contributed by atoms with Crippen LogP contribution in [0.1, 0.15) is 40.0 Å². The molecule has 2 rings (SSSR count). The topological polar surface area (TPSA) is 84.5 Å². The normalized spacial score (nSPS) is 12.5. The summed E-state index contributed by atoms with van der Waals surface area (Å²) in [5, 5.41) is 2.48. The summed E-state index contributed by atoms with van der Waals surface area (Å²) in [4.78, 5) is 12.0. The van der Waals surface area contributed by atoms with Crippen molar-refractivity contribution in [1.82, 2.24) is 10.0 Å². The number of aryl methyl sites for hydroxylation is 2. The van der Waals surface area contributed by atoms with Gasteiger partial charge in [-0.15, -0.1) is 0 Å². The average molecular weight is 376 g/mol. The van der Waals surface area contributed by atoms with Gasteiger partial charge in [0.05, 0.1) is 17.6 Å². The Hall–Kier alpha value is -2.38. The molecule has 0 aromatic heterocycles. The number of benzene rings is 2. The Morgan fingerprint density at radius 1 is 1.12 bits per heavy atom. The van der Waals surface area contributed by atoms with Gasteiger partial charge in [-0.25, -0.2) is 13.1 Å². The summed E-state index contributed by atoms with van der Waals surface area (Å²) < 4.78 is 33.4. The van der Waals surface area contributed by atoms with E-state index in [1.807, 2.05) is 32.0 Å². The molecule has 0 aliphatic heterocycles. The number of sulfonamides is 1. The van der Waals surface area contributed by atoms with Gasteiger partial charge >= 0.3 is 0 Å². The third-order valence-electron chi connectivity index (χ3n) is 4.19. The van der Waals surface area contributed by atoms with E-state index in [-0.39, 0.29) is 10.5 Å². The van der Waals surface area contributed by atoms with Crippen molar-refractivity contribution in [1.29, 1.82) is 0 Å². The second kappa shape index (κ2) is 7.88. The second-order valence-corrected chi connectivity index (χ2v) is 7.86. The van der Waals surface area contributed by atoms with E-state index in [1.54, 1.807) is 6.92 Å². The van der Waals surface area contributed by atoms with Gasteiger partial charge in [0.25, 0.3) is 5.91 Å². The zero-order valence-corrected chi connectivity index (χ0v) is 16.4. The fourth-order valence-electron chi connectivity index (χ4n) is 2.76. The summed E-state index contributed by atoms with van der Waals surface area (Å²) in [6.07, 6.45) is 0. The predicted octanol–water partition coefficient (Wildman–Crippen LogP) is 2.71. The number of rotatable bonds is 6. The molecule has 0 spiro atoms. The number of nitrogens with one attached hydrogen (secondary N) is 2. The Morgan fingerprint density at radius 2 is 1.81 bits per heavy atom. The van der Waals surface area contributed by atoms with Crippen LogP contribution >= 0.6 is 0 Å². The van der Waals surface area contributed by atoms with Crippen molar-refractivity contribution in [3.05, 3.63) is 58.7 Å². The summed E-state index contributed by atoms with van der Waals surface area (Å²) in [5.41, 5.74) is 3.14. The van der Waals surface area contributed by atoms with E-state index in [0.717, 1.165) is 16.7 Å². The summed E-state index contributed by atoms with van der Waals surface area (Å²) in [7, 11) is -0.909. The highest BCUT2D eigenvalue weighted by atomic mass is 32.2. The van der Waals surface area contributed by atoms with E-state index >= 15 is 0 Å². The molecule has 0 saturated carbocycles. The summed E-state index contributed by atoms with van der Waals surface area (Å²) in [5.74, 6) is -0.104. The molecule has 2 aromatic rings. The van der Waals surface area contributed by atoms with Crippen LogP contribution < -0.4 is 14.8 Å². The molecular weight excluding hydrogens is 352 g/mol. The van der Waals surface area contributed by atoms with Gasteiger partial charge in [-0.1, -0.05) is 23.8 Å². The van der Waals surface area contributed by atoms with E-state index in [9.17, 15) is 13.2 Å². The first-order valence-corrected chi connectivity index (χ1v) is 9.67. The van der Waals surface area contributed by atoms with Gasteiger partial charge in [-0.05, 0) is 50.1 Å². The molecule has 2 N–H and O–H groups in total. The maximum atomic E-state index is 12.8. The molecule has 0 aliphatic rings. The van der Waals surface area contributed by atoms with Crippen LogP contribution in [0.15, 0.2) is 41.3 Å². The van der Waals surface area contributed by atoms with Gasteiger partial charge in [-0.3, -0.25) is 4.79 Å². The van der Waals surface area contributed by atoms with Crippen LogP contribution in [0.5, 0.6) is 5.75 Å². The number of carbonyl (C=O) groups excluding carboxylic acids is 1. The van der Waals surface area contributed by atoms with Gasteiger partial charge in [0, 0.05) is 13.1 Å². The minimum Gasteiger partial charge on any atom is -0.496 e. The smallest absolute Gasteiger partial charge is 0.254 e. The fraction of sp³-hybridized carbons (Fsp3) is 0.316. The number of methoxy groups -OCH3 is 1. The summed E-state index contributed by atoms with van der Waals surface area (Å²) in [6, 6.07) is 9.71. The fourth-order valence-corrected chi connectivity index (χ4v) is 4.01. The molecule has 0 aliphatic carbocycles. The molecule has 1 unspecified atom stereocenters. The van der Waals surface area contributed by atoms with E-state index in [0.29, 0.717) is 5.75 Å². The van der Waals surface area contributed by atoms with Crippen molar-refractivity contribution in [2.24, 2.45) is 0 Å². The van der Waals surface area contributed by atoms with Crippen LogP contribution in [-0.4, -0.2) is 28.5 Å². The minimum atomic E-state index is -3.81. The molecule has 6 nitrogen and oxygen atoms in total. The SMILES string of the molecule is CNC(=O)c1cc(S(=O)(=O)NC(C)c2cc(C)ccc2C)ccc1OC. The van der Waals surface area contributed by atoms with E-state index < -0.39 is 22.0 Å². The Kier molecular flexibility index (Phi) is 6.05. The number of amides is 1. The molecule has 26 heavy (non-hydrogen) atoms. The molecule has 1 atom stereocenters. The molecule has 140 valence electrons. The Balaban J connectivity index is 2.38. The van der Waals surface area contributed by atoms with Crippen LogP contribution in [-0.2, 0) is 10.0 Å². The lowest BCUT2D eigenvalue weighted by Gasteiger charge is -2.18. The number of hydrogen-bond acceptors (Lipinski definition) is 4. The lowest BCUT2D eigenvalue weighted by Crippen LogP contribution is -2.28. The first-order chi connectivity index (χ1) is 12.2. The van der Waals surface area contributed by atoms with Crippen molar-refractivity contribution in [2.75, 3.05) is 14.2 Å². The second-order valence-electron chi connectivity index (χ2n) is 6.14. The largest absolute Gasteiger partial charge is 0.496 e. The first kappa shape index (κ1) is 19.9. The van der Waals surface area contributed by atoms with Crippen molar-refractivity contribution in [2.45, 2.75) is 31.7 Å². The molecule has 2 aromatic carbocycles. The van der Waals surface area contributed by atoms with E-state index in [4.69, 9.17) is 4.74 Å². The number of ether oxygens (including phenoxy) is 1. The standard InChI is InChI=1S/C19H24N2O4S/c1-12-6-7-13(2)16(10-12)14(3)21-26(23,24)15-8-9-18(25-5)17(11-15)19(22)20-4/h6-11,14,21H,1-5H3,(H,20,22). The van der Waals surface area contributed by atoms with Crippen molar-refractivity contribution in [3.63, 3.8) is 0 Å². The maximum absolute atomic E-state index is 12.8. The van der Waals surface area contributed by atoms with Crippen LogP contribution in [0.25, 0.3) is 0 Å². The third-order valence-corrected chi connectivity index (χ3v) is 5.72. The van der Waals surface area contributed by atoms with E-state index in [2.05, 4.69) is 10.0 Å². The van der Waals surface area contributed by atoms with Gasteiger partial charge < -0.3 is 10.1 Å². The number of carbonyl (C=O) groups is 1. The molecule has 0 heterocycles. The third kappa shape index (κ3) is 4.23. The monoisotopic (exact) mass is 376 g/mol. The Morgan fingerprint density at radius 3 is 2.42 bits per heavy atom. The van der Waals surface area contributed by atoms with Crippen LogP contribution in [0.2, 0.25) is 0 Å². The molecule has 0 bridgehead atoms. The Bertz CT molecular complexity index is 923. The highest BCUT2D eigenvalue weighted by Crippen LogP contribution is 2.25. The molecule has 0 radical (unpaired) electrons. The van der Waals surface area contributed by atoms with Crippen LogP contribution in [0, 0.1) is 13.8 Å². The summed E-state index contributed by atoms with van der Waals surface area (Å²) in [6.45, 7) is 5.70. The maximum Gasteiger partial charge on any atom is 0.254 e. The van der Waals surface area contributed by atoms with Gasteiger partial charge in [-0.2, -0.15) is 0 Å². The highest BCUT2D eigenvalue weighted by molar-refractivity contribution is 7.89. The molecular formula is C19H24N2O4S. The zero-order chi connectivity index (χ0) is 19.5. The quantitative estimate of drug-likeness (QED) is 0.812. The van der Waals surface area contributed by atoms with Crippen molar-refractivity contribution >= 4 is 15.9 Å². The lowest BCUT2D eigenvalue weighted by molar-refractivity contribution is 0.0960. The molecule has 0 saturated heterocycles. The van der Waals surface area contributed by atoms with Crippen LogP contribution in [0.4, 0.5) is 0 Å². The molecule has 7 heteroatoms. The lowest BCUT2D eigenvalue weighted by atomic mass is 10.0. The predicted molar refractivity (Wildman–Crippen MR) is 101 cm³/mol. The summed E-state index contributed by atoms with van der Waals surface area (Å²) >= 11 is 0. The first-order valence-electron chi connectivity index (χ1n) is 8.19. The molecule has 1 amide bonds. The average Bonchev–Trinajstić information content (AvgIpc) is 2.61. The highest BCUT2D eigenvalue weighted by Gasteiger charge is 2.22. The van der Waals surface area contributed by atoms with Crippen LogP contribution in [0.3, 0.4) is 0 Å². The van der Waals surface area contributed by atoms with Gasteiger partial charge in [0.2, 0.25) is 10.0 Å². The van der Waals surface area contributed by atoms with Crippen molar-refractivity contribution < 1.29 is 17.9 Å². The minimum absolute atomic E-state index is 0.00839. The number of hydrogen-bond donors (Lipinski definition) is 2. The van der Waals surface area contributed by atoms with Crippen molar-refractivity contribution in [3.8, 4) is 5.75 Å². The zero-order valence-electron chi connectivity index (χ0n) is 15.6. The Labute approximate surface area is 154 Å². The van der Waals surface area contributed by atoms with Gasteiger partial charge in [0.15, 0.2) is 0 Å². The molecule has 0 fully saturated rings. The van der Waals surface area contributed by atoms with Gasteiger partial charge in [0.1, 0.15) is 5.75 Å². The van der Waals surface area contributed by atoms with E-state index in [1.165, 1.54) is 32.4 Å².